The minimum Gasteiger partial charge on any atom is -0.375 e. The number of hydrogen-bond acceptors (Lipinski definition) is 2. The summed E-state index contributed by atoms with van der Waals surface area (Å²) in [4.78, 5) is 2.30. The number of aryl methyl sites for hydroxylation is 1. The van der Waals surface area contributed by atoms with Gasteiger partial charge >= 0.3 is 0 Å². The predicted octanol–water partition coefficient (Wildman–Crippen LogP) is 4.17. The maximum Gasteiger partial charge on any atom is 0.0363 e. The van der Waals surface area contributed by atoms with E-state index in [1.807, 2.05) is 0 Å². The summed E-state index contributed by atoms with van der Waals surface area (Å²) in [6.07, 6.45) is 1.14. The lowest BCUT2D eigenvalue weighted by Gasteiger charge is -2.20. The van der Waals surface area contributed by atoms with Crippen molar-refractivity contribution in [3.63, 3.8) is 0 Å². The van der Waals surface area contributed by atoms with Crippen molar-refractivity contribution in [2.75, 3.05) is 25.0 Å². The Morgan fingerprint density at radius 3 is 2.33 bits per heavy atom. The minimum atomic E-state index is 0.410. The first-order valence-corrected chi connectivity index (χ1v) is 7.73. The van der Waals surface area contributed by atoms with Gasteiger partial charge in [-0.15, -0.1) is 0 Å². The summed E-state index contributed by atoms with van der Waals surface area (Å²) in [6.45, 7) is 6.46. The van der Waals surface area contributed by atoms with E-state index >= 15 is 0 Å². The first-order valence-electron chi connectivity index (χ1n) is 7.73. The molecule has 0 aliphatic heterocycles. The molecule has 0 bridgehead atoms. The molecule has 0 saturated heterocycles. The topological polar surface area (TPSA) is 15.3 Å². The van der Waals surface area contributed by atoms with Crippen LogP contribution in [0, 0.1) is 6.92 Å². The van der Waals surface area contributed by atoms with Gasteiger partial charge in [0.25, 0.3) is 0 Å². The van der Waals surface area contributed by atoms with Crippen molar-refractivity contribution >= 4 is 5.69 Å². The molecule has 2 aromatic carbocycles. The molecule has 1 N–H and O–H groups in total. The molecule has 2 rings (SSSR count). The fraction of sp³-hybridized carbons (Fsp3) is 0.368. The van der Waals surface area contributed by atoms with Crippen molar-refractivity contribution in [2.24, 2.45) is 0 Å². The number of anilines is 1. The molecule has 2 aromatic rings. The van der Waals surface area contributed by atoms with Crippen molar-refractivity contribution in [3.8, 4) is 0 Å². The van der Waals surface area contributed by atoms with Crippen LogP contribution >= 0.6 is 0 Å². The van der Waals surface area contributed by atoms with Crippen LogP contribution in [0.3, 0.4) is 0 Å². The van der Waals surface area contributed by atoms with E-state index in [0.29, 0.717) is 6.04 Å². The molecule has 21 heavy (non-hydrogen) atoms. The first kappa shape index (κ1) is 15.6. The van der Waals surface area contributed by atoms with E-state index in [9.17, 15) is 0 Å². The van der Waals surface area contributed by atoms with Crippen LogP contribution in [0.2, 0.25) is 0 Å². The van der Waals surface area contributed by atoms with E-state index < -0.39 is 0 Å². The van der Waals surface area contributed by atoms with Crippen molar-refractivity contribution in [2.45, 2.75) is 26.3 Å². The lowest BCUT2D eigenvalue weighted by molar-refractivity contribution is 0.558. The molecular formula is C19H26N2. The second-order valence-corrected chi connectivity index (χ2v) is 5.70. The lowest BCUT2D eigenvalue weighted by atomic mass is 10.1. The Morgan fingerprint density at radius 2 is 1.67 bits per heavy atom. The van der Waals surface area contributed by atoms with Gasteiger partial charge in [-0.1, -0.05) is 48.0 Å². The largest absolute Gasteiger partial charge is 0.375 e. The Morgan fingerprint density at radius 1 is 1.00 bits per heavy atom. The molecule has 2 heteroatoms. The first-order chi connectivity index (χ1) is 10.2. The van der Waals surface area contributed by atoms with Gasteiger partial charge in [0, 0.05) is 25.3 Å². The Hall–Kier alpha value is -1.80. The number of nitrogens with zero attached hydrogens (tertiary/aromatic N) is 1. The summed E-state index contributed by atoms with van der Waals surface area (Å²) in [5, 5.41) is 3.60. The SMILES string of the molecule is Cc1ccc(C(C)NCCCN(C)c2ccccc2)cc1. The molecule has 0 radical (unpaired) electrons. The van der Waals surface area contributed by atoms with E-state index in [1.54, 1.807) is 0 Å². The fourth-order valence-electron chi connectivity index (χ4n) is 2.42. The Labute approximate surface area is 128 Å². The molecule has 0 aromatic heterocycles. The molecule has 0 heterocycles. The summed E-state index contributed by atoms with van der Waals surface area (Å²) >= 11 is 0. The van der Waals surface area contributed by atoms with Gasteiger partial charge in [0.1, 0.15) is 0 Å². The second-order valence-electron chi connectivity index (χ2n) is 5.70. The van der Waals surface area contributed by atoms with Crippen molar-refractivity contribution in [1.82, 2.24) is 5.32 Å². The van der Waals surface area contributed by atoms with Crippen LogP contribution in [0.1, 0.15) is 30.5 Å². The molecule has 112 valence electrons. The molecule has 2 nitrogen and oxygen atoms in total. The third kappa shape index (κ3) is 4.91. The van der Waals surface area contributed by atoms with Crippen molar-refractivity contribution in [3.05, 3.63) is 65.7 Å². The van der Waals surface area contributed by atoms with Crippen molar-refractivity contribution < 1.29 is 0 Å². The molecule has 1 unspecified atom stereocenters. The van der Waals surface area contributed by atoms with Crippen LogP contribution in [0.15, 0.2) is 54.6 Å². The quantitative estimate of drug-likeness (QED) is 0.767. The van der Waals surface area contributed by atoms with E-state index in [1.165, 1.54) is 16.8 Å². The Balaban J connectivity index is 1.71. The van der Waals surface area contributed by atoms with Gasteiger partial charge < -0.3 is 10.2 Å². The smallest absolute Gasteiger partial charge is 0.0363 e. The lowest BCUT2D eigenvalue weighted by Crippen LogP contribution is -2.25. The highest BCUT2D eigenvalue weighted by Crippen LogP contribution is 2.13. The predicted molar refractivity (Wildman–Crippen MR) is 91.9 cm³/mol. The third-order valence-corrected chi connectivity index (χ3v) is 3.90. The number of nitrogens with one attached hydrogen (secondary N) is 1. The average molecular weight is 282 g/mol. The summed E-state index contributed by atoms with van der Waals surface area (Å²) in [5.41, 5.74) is 3.96. The van der Waals surface area contributed by atoms with Crippen LogP contribution < -0.4 is 10.2 Å². The van der Waals surface area contributed by atoms with Crippen LogP contribution in [0.5, 0.6) is 0 Å². The van der Waals surface area contributed by atoms with Crippen LogP contribution in [0.4, 0.5) is 5.69 Å². The Kier molecular flexibility index (Phi) is 5.82. The highest BCUT2D eigenvalue weighted by atomic mass is 15.1. The molecule has 0 saturated carbocycles. The van der Waals surface area contributed by atoms with E-state index in [2.05, 4.69) is 85.7 Å². The fourth-order valence-corrected chi connectivity index (χ4v) is 2.42. The molecule has 1 atom stereocenters. The number of benzene rings is 2. The van der Waals surface area contributed by atoms with Gasteiger partial charge in [0.2, 0.25) is 0 Å². The minimum absolute atomic E-state index is 0.410. The van der Waals surface area contributed by atoms with E-state index in [-0.39, 0.29) is 0 Å². The zero-order chi connectivity index (χ0) is 15.1. The molecule has 0 fully saturated rings. The van der Waals surface area contributed by atoms with Gasteiger partial charge in [0.05, 0.1) is 0 Å². The van der Waals surface area contributed by atoms with Gasteiger partial charge in [-0.05, 0) is 44.5 Å². The van der Waals surface area contributed by atoms with Gasteiger partial charge in [-0.25, -0.2) is 0 Å². The zero-order valence-corrected chi connectivity index (χ0v) is 13.3. The van der Waals surface area contributed by atoms with Crippen LogP contribution in [0.25, 0.3) is 0 Å². The summed E-state index contributed by atoms with van der Waals surface area (Å²) in [5.74, 6) is 0. The third-order valence-electron chi connectivity index (χ3n) is 3.90. The molecule has 0 amide bonds. The highest BCUT2D eigenvalue weighted by molar-refractivity contribution is 5.44. The van der Waals surface area contributed by atoms with Crippen LogP contribution in [-0.2, 0) is 0 Å². The molecule has 0 spiro atoms. The average Bonchev–Trinajstić information content (AvgIpc) is 2.52. The monoisotopic (exact) mass is 282 g/mol. The summed E-state index contributed by atoms with van der Waals surface area (Å²) < 4.78 is 0. The standard InChI is InChI=1S/C19H26N2/c1-16-10-12-18(13-11-16)17(2)20-14-7-15-21(3)19-8-5-4-6-9-19/h4-6,8-13,17,20H,7,14-15H2,1-3H3. The highest BCUT2D eigenvalue weighted by Gasteiger charge is 2.04. The van der Waals surface area contributed by atoms with Gasteiger partial charge in [0.15, 0.2) is 0 Å². The molecular weight excluding hydrogens is 256 g/mol. The van der Waals surface area contributed by atoms with E-state index in [0.717, 1.165) is 19.5 Å². The number of rotatable bonds is 7. The van der Waals surface area contributed by atoms with Crippen molar-refractivity contribution in [1.29, 1.82) is 0 Å². The van der Waals surface area contributed by atoms with Crippen LogP contribution in [-0.4, -0.2) is 20.1 Å². The normalized spacial score (nSPS) is 12.1. The summed E-state index contributed by atoms with van der Waals surface area (Å²) in [6, 6.07) is 19.7. The van der Waals surface area contributed by atoms with Gasteiger partial charge in [-0.3, -0.25) is 0 Å². The van der Waals surface area contributed by atoms with E-state index in [4.69, 9.17) is 0 Å². The maximum atomic E-state index is 3.60. The second kappa shape index (κ2) is 7.84. The Bertz CT molecular complexity index is 519. The number of para-hydroxylation sites is 1. The summed E-state index contributed by atoms with van der Waals surface area (Å²) in [7, 11) is 2.15. The molecule has 0 aliphatic carbocycles. The zero-order valence-electron chi connectivity index (χ0n) is 13.3. The number of hydrogen-bond donors (Lipinski definition) is 1. The molecule has 0 aliphatic rings. The maximum absolute atomic E-state index is 3.60. The van der Waals surface area contributed by atoms with Gasteiger partial charge in [-0.2, -0.15) is 0 Å².